The van der Waals surface area contributed by atoms with Crippen LogP contribution in [0, 0.1) is 18.0 Å². The Balaban J connectivity index is 3.16. The van der Waals surface area contributed by atoms with Crippen molar-refractivity contribution in [1.82, 2.24) is 0 Å². The molecule has 0 atom stereocenters. The van der Waals surface area contributed by atoms with Crippen LogP contribution >= 0.6 is 0 Å². The number of aliphatic imine (C=N–C) groups is 1. The van der Waals surface area contributed by atoms with Gasteiger partial charge in [0.25, 0.3) is 0 Å². The molecule has 0 fully saturated rings. The van der Waals surface area contributed by atoms with E-state index < -0.39 is 7.12 Å². The quantitative estimate of drug-likeness (QED) is 0.196. The lowest BCUT2D eigenvalue weighted by Crippen LogP contribution is -2.21. The third-order valence-corrected chi connectivity index (χ3v) is 2.32. The molecule has 0 spiro atoms. The minimum atomic E-state index is -1.61. The van der Waals surface area contributed by atoms with E-state index in [0.717, 1.165) is 0 Å². The van der Waals surface area contributed by atoms with Crippen LogP contribution in [0.15, 0.2) is 33.4 Å². The van der Waals surface area contributed by atoms with E-state index in [2.05, 4.69) is 15.0 Å². The van der Waals surface area contributed by atoms with Crippen LogP contribution < -0.4 is 0 Å². The summed E-state index contributed by atoms with van der Waals surface area (Å²) in [5.74, 6) is 0. The van der Waals surface area contributed by atoms with Gasteiger partial charge in [-0.3, -0.25) is 0 Å². The van der Waals surface area contributed by atoms with Crippen LogP contribution in [0.1, 0.15) is 0 Å². The van der Waals surface area contributed by atoms with Gasteiger partial charge in [-0.25, -0.2) is 0 Å². The van der Waals surface area contributed by atoms with E-state index in [4.69, 9.17) is 31.6 Å². The first-order chi connectivity index (χ1) is 9.62. The van der Waals surface area contributed by atoms with Gasteiger partial charge >= 0.3 is 14.8 Å². The molecule has 1 radical (unpaired) electrons. The highest BCUT2D eigenvalue weighted by Gasteiger charge is 2.22. The lowest BCUT2D eigenvalue weighted by molar-refractivity contribution is 0.316. The van der Waals surface area contributed by atoms with Crippen molar-refractivity contribution in [3.05, 3.63) is 34.8 Å². The monoisotopic (exact) mass is 271 g/mol. The van der Waals surface area contributed by atoms with Gasteiger partial charge in [-0.2, -0.15) is 16.8 Å². The van der Waals surface area contributed by atoms with Crippen molar-refractivity contribution in [2.75, 3.05) is 6.61 Å². The minimum Gasteiger partial charge on any atom is -0.429 e. The smallest absolute Gasteiger partial charge is 0.429 e. The second-order valence-corrected chi connectivity index (χ2v) is 3.62. The molecule has 1 aliphatic rings. The van der Waals surface area contributed by atoms with Crippen molar-refractivity contribution in [2.45, 2.75) is 6.32 Å². The van der Waals surface area contributed by atoms with E-state index in [9.17, 15) is 0 Å². The molecule has 20 heavy (non-hydrogen) atoms. The molecule has 0 saturated carbocycles. The van der Waals surface area contributed by atoms with Crippen molar-refractivity contribution in [2.24, 2.45) is 10.1 Å². The maximum absolute atomic E-state index is 9.01. The summed E-state index contributed by atoms with van der Waals surface area (Å²) in [5.41, 5.74) is 1.26. The Labute approximate surface area is 116 Å². The molecule has 0 heterocycles. The zero-order valence-electron chi connectivity index (χ0n) is 10.3. The molecule has 0 aromatic heterocycles. The molecule has 8 nitrogen and oxygen atoms in total. The molecule has 0 saturated heterocycles. The predicted molar refractivity (Wildman–Crippen MR) is 72.2 cm³/mol. The summed E-state index contributed by atoms with van der Waals surface area (Å²) >= 11 is 0. The first-order valence-electron chi connectivity index (χ1n) is 5.39. The maximum atomic E-state index is 9.01. The van der Waals surface area contributed by atoms with Crippen molar-refractivity contribution in [3.63, 3.8) is 0 Å². The Morgan fingerprint density at radius 3 is 2.65 bits per heavy atom. The van der Waals surface area contributed by atoms with Gasteiger partial charge in [0.1, 0.15) is 0 Å². The molecule has 0 aliphatic heterocycles. The highest BCUT2D eigenvalue weighted by molar-refractivity contribution is 6.44. The highest BCUT2D eigenvalue weighted by Crippen LogP contribution is 2.19. The predicted octanol–water partition coefficient (Wildman–Crippen LogP) is -0.934. The van der Waals surface area contributed by atoms with E-state index in [0.29, 0.717) is 18.8 Å². The SMILES string of the molecule is [C-]#[N+]/N=C1/C=C(CB(O)O)C(=NC#N)C=C1CO[B]O. The van der Waals surface area contributed by atoms with Crippen LogP contribution in [0.25, 0.3) is 4.95 Å². The molecule has 1 rings (SSSR count). The van der Waals surface area contributed by atoms with Gasteiger partial charge in [-0.05, 0) is 17.7 Å². The molecule has 1 aliphatic carbocycles. The number of nitriles is 1. The summed E-state index contributed by atoms with van der Waals surface area (Å²) in [6, 6.07) is 0. The summed E-state index contributed by atoms with van der Waals surface area (Å²) < 4.78 is 4.70. The van der Waals surface area contributed by atoms with Gasteiger partial charge < -0.3 is 19.7 Å². The van der Waals surface area contributed by atoms with Crippen LogP contribution in [0.5, 0.6) is 0 Å². The summed E-state index contributed by atoms with van der Waals surface area (Å²) in [5, 5.41) is 38.7. The Bertz CT molecular complexity index is 569. The van der Waals surface area contributed by atoms with Crippen LogP contribution in [-0.4, -0.2) is 47.9 Å². The van der Waals surface area contributed by atoms with Gasteiger partial charge in [-0.15, -0.1) is 4.95 Å². The van der Waals surface area contributed by atoms with Gasteiger partial charge in [0, 0.05) is 11.9 Å². The lowest BCUT2D eigenvalue weighted by atomic mass is 9.77. The minimum absolute atomic E-state index is 0.0687. The van der Waals surface area contributed by atoms with Crippen molar-refractivity contribution < 1.29 is 19.7 Å². The van der Waals surface area contributed by atoms with Crippen molar-refractivity contribution in [1.29, 1.82) is 5.26 Å². The highest BCUT2D eigenvalue weighted by atomic mass is 16.5. The van der Waals surface area contributed by atoms with Crippen LogP contribution in [0.3, 0.4) is 0 Å². The second-order valence-electron chi connectivity index (χ2n) is 3.62. The Morgan fingerprint density at radius 2 is 2.10 bits per heavy atom. The first kappa shape index (κ1) is 15.8. The summed E-state index contributed by atoms with van der Waals surface area (Å²) in [6.45, 7) is 6.68. The fraction of sp³-hybridized carbons (Fsp3) is 0.200. The van der Waals surface area contributed by atoms with Crippen LogP contribution in [0.4, 0.5) is 0 Å². The van der Waals surface area contributed by atoms with Gasteiger partial charge in [0.05, 0.1) is 17.4 Å². The Morgan fingerprint density at radius 1 is 1.40 bits per heavy atom. The summed E-state index contributed by atoms with van der Waals surface area (Å²) in [4.78, 5) is 6.46. The number of rotatable bonds is 5. The topological polar surface area (TPSA) is 123 Å². The number of allylic oxidation sites excluding steroid dienone is 3. The van der Waals surface area contributed by atoms with E-state index >= 15 is 0 Å². The Kier molecular flexibility index (Phi) is 6.37. The van der Waals surface area contributed by atoms with Crippen LogP contribution in [-0.2, 0) is 4.65 Å². The number of hydrogen-bond acceptors (Lipinski definition) is 7. The molecule has 10 heteroatoms. The van der Waals surface area contributed by atoms with Crippen molar-refractivity contribution in [3.8, 4) is 6.19 Å². The second kappa shape index (κ2) is 8.04. The number of hydrogen-bond donors (Lipinski definition) is 3. The molecular formula is C10H9B2N4O4. The first-order valence-corrected chi connectivity index (χ1v) is 5.39. The van der Waals surface area contributed by atoms with E-state index in [1.54, 1.807) is 6.19 Å². The third-order valence-electron chi connectivity index (χ3n) is 2.32. The van der Waals surface area contributed by atoms with Gasteiger partial charge in [0.2, 0.25) is 6.19 Å². The molecule has 0 unspecified atom stereocenters. The van der Waals surface area contributed by atoms with Crippen molar-refractivity contribution >= 4 is 26.2 Å². The molecule has 0 aromatic carbocycles. The standard InChI is InChI=1S/C10H9B2N4O4/c1-14-16-10-2-7(4-12(18)19)9(15-6-13)3-8(10)5-20-11-17/h2-3,17-19H,4-5H2/b15-9?,16-10-. The van der Waals surface area contributed by atoms with E-state index in [1.165, 1.54) is 12.2 Å². The summed E-state index contributed by atoms with van der Waals surface area (Å²) in [6.07, 6.45) is 4.31. The fourth-order valence-corrected chi connectivity index (χ4v) is 1.57. The maximum Gasteiger partial charge on any atom is 0.485 e. The molecule has 0 amide bonds. The van der Waals surface area contributed by atoms with E-state index in [-0.39, 0.29) is 24.4 Å². The zero-order valence-corrected chi connectivity index (χ0v) is 10.3. The summed E-state index contributed by atoms with van der Waals surface area (Å²) in [7, 11) is -1.12. The number of nitrogens with zero attached hydrogens (tertiary/aromatic N) is 4. The zero-order chi connectivity index (χ0) is 15.0. The van der Waals surface area contributed by atoms with Gasteiger partial charge in [0.15, 0.2) is 5.71 Å². The normalized spacial score (nSPS) is 18.1. The average molecular weight is 271 g/mol. The Hall–Kier alpha value is -2.23. The largest absolute Gasteiger partial charge is 0.485 e. The van der Waals surface area contributed by atoms with Crippen LogP contribution in [0.2, 0.25) is 6.32 Å². The molecule has 0 aromatic rings. The van der Waals surface area contributed by atoms with Gasteiger partial charge in [-0.1, -0.05) is 0 Å². The average Bonchev–Trinajstić information content (AvgIpc) is 2.40. The lowest BCUT2D eigenvalue weighted by Gasteiger charge is -2.14. The van der Waals surface area contributed by atoms with E-state index in [1.807, 2.05) is 0 Å². The molecule has 99 valence electrons. The third kappa shape index (κ3) is 4.46. The molecular weight excluding hydrogens is 262 g/mol. The fourth-order valence-electron chi connectivity index (χ4n) is 1.57. The molecule has 3 N–H and O–H groups in total. The molecule has 0 bridgehead atoms.